The first kappa shape index (κ1) is 43.9. The van der Waals surface area contributed by atoms with Gasteiger partial charge in [0.1, 0.15) is 16.8 Å². The van der Waals surface area contributed by atoms with E-state index in [1.54, 1.807) is 29.3 Å². The molecule has 2 aliphatic rings. The first-order valence-corrected chi connectivity index (χ1v) is 20.7. The van der Waals surface area contributed by atoms with Crippen LogP contribution in [-0.4, -0.2) is 106 Å². The molecule has 302 valence electrons. The highest BCUT2D eigenvalue weighted by Gasteiger charge is 2.37. The number of rotatable bonds is 21. The second kappa shape index (κ2) is 20.9. The van der Waals surface area contributed by atoms with E-state index in [1.165, 1.54) is 28.4 Å². The van der Waals surface area contributed by atoms with Gasteiger partial charge in [-0.3, -0.25) is 33.8 Å². The summed E-state index contributed by atoms with van der Waals surface area (Å²) in [6.45, 7) is 11.4. The van der Waals surface area contributed by atoms with Crippen LogP contribution >= 0.6 is 11.3 Å². The van der Waals surface area contributed by atoms with Crippen molar-refractivity contribution < 1.29 is 33.8 Å². The third-order valence-electron chi connectivity index (χ3n) is 11.3. The predicted molar refractivity (Wildman–Crippen MR) is 213 cm³/mol. The number of nitrogens with one attached hydrogen (secondary N) is 1. The molecule has 0 spiro atoms. The number of ketones is 1. The van der Waals surface area contributed by atoms with Crippen LogP contribution in [0.5, 0.6) is 0 Å². The number of aliphatic hydroxyl groups is 1. The molecule has 4 rings (SSSR count). The first-order valence-electron chi connectivity index (χ1n) is 19.9. The van der Waals surface area contributed by atoms with E-state index in [0.29, 0.717) is 36.4 Å². The summed E-state index contributed by atoms with van der Waals surface area (Å²) in [6.07, 6.45) is 6.47. The van der Waals surface area contributed by atoms with Crippen molar-refractivity contribution in [2.45, 2.75) is 116 Å². The Morgan fingerprint density at radius 1 is 1.05 bits per heavy atom. The van der Waals surface area contributed by atoms with Crippen LogP contribution in [0, 0.1) is 17.8 Å². The largest absolute Gasteiger partial charge is 0.386 e. The van der Waals surface area contributed by atoms with Gasteiger partial charge in [0.05, 0.1) is 18.2 Å². The van der Waals surface area contributed by atoms with Crippen molar-refractivity contribution in [3.05, 3.63) is 64.1 Å². The molecule has 12 nitrogen and oxygen atoms in total. The molecule has 0 bridgehead atoms. The molecule has 1 unspecified atom stereocenters. The summed E-state index contributed by atoms with van der Waals surface area (Å²) < 4.78 is 6.49. The smallest absolute Gasteiger partial charge is 0.271 e. The van der Waals surface area contributed by atoms with Crippen molar-refractivity contribution in [1.29, 1.82) is 0 Å². The topological polar surface area (TPSA) is 149 Å². The molecule has 0 saturated carbocycles. The molecule has 1 saturated heterocycles. The average Bonchev–Trinajstić information content (AvgIpc) is 3.80. The Kier molecular flexibility index (Phi) is 16.7. The quantitative estimate of drug-likeness (QED) is 0.120. The van der Waals surface area contributed by atoms with Gasteiger partial charge in [0.25, 0.3) is 17.7 Å². The molecule has 13 heteroatoms. The lowest BCUT2D eigenvalue weighted by Gasteiger charge is -2.38. The van der Waals surface area contributed by atoms with Crippen LogP contribution in [0.25, 0.3) is 0 Å². The van der Waals surface area contributed by atoms with Gasteiger partial charge in [0.2, 0.25) is 5.91 Å². The van der Waals surface area contributed by atoms with Crippen LogP contribution in [0.15, 0.2) is 47.9 Å². The molecule has 1 aromatic carbocycles. The Balaban J connectivity index is 1.50. The average molecular weight is 780 g/mol. The lowest BCUT2D eigenvalue weighted by atomic mass is 9.83. The summed E-state index contributed by atoms with van der Waals surface area (Å²) in [5.41, 5.74) is 0.893. The number of thiazole rings is 1. The van der Waals surface area contributed by atoms with E-state index in [2.05, 4.69) is 31.0 Å². The molecule has 3 heterocycles. The van der Waals surface area contributed by atoms with Gasteiger partial charge in [-0.2, -0.15) is 0 Å². The number of aromatic nitrogens is 1. The van der Waals surface area contributed by atoms with E-state index in [9.17, 15) is 29.1 Å². The molecule has 0 aliphatic carbocycles. The number of imide groups is 1. The van der Waals surface area contributed by atoms with Gasteiger partial charge in [-0.05, 0) is 63.6 Å². The molecule has 4 amide bonds. The number of likely N-dealkylation sites (tertiary alicyclic amines) is 1. The Labute approximate surface area is 330 Å². The highest BCUT2D eigenvalue weighted by Crippen LogP contribution is 2.33. The summed E-state index contributed by atoms with van der Waals surface area (Å²) in [5.74, 6) is -1.40. The van der Waals surface area contributed by atoms with E-state index in [0.717, 1.165) is 32.2 Å². The number of aliphatic hydroxyl groups excluding tert-OH is 1. The van der Waals surface area contributed by atoms with E-state index >= 15 is 0 Å². The lowest BCUT2D eigenvalue weighted by molar-refractivity contribution is -0.143. The maximum absolute atomic E-state index is 14.4. The number of benzene rings is 1. The summed E-state index contributed by atoms with van der Waals surface area (Å²) in [4.78, 5) is 75.3. The maximum atomic E-state index is 14.4. The first-order chi connectivity index (χ1) is 26.2. The zero-order valence-electron chi connectivity index (χ0n) is 33.6. The number of ether oxygens (including phenoxy) is 1. The van der Waals surface area contributed by atoms with Gasteiger partial charge >= 0.3 is 0 Å². The summed E-state index contributed by atoms with van der Waals surface area (Å²) in [7, 11) is 3.81. The Morgan fingerprint density at radius 2 is 1.75 bits per heavy atom. The van der Waals surface area contributed by atoms with E-state index in [1.807, 2.05) is 39.2 Å². The normalized spacial score (nSPS) is 19.6. The number of unbranched alkanes of at least 4 members (excludes halogenated alkanes) is 1. The minimum Gasteiger partial charge on any atom is -0.386 e. The third kappa shape index (κ3) is 11.9. The fourth-order valence-corrected chi connectivity index (χ4v) is 8.36. The van der Waals surface area contributed by atoms with Gasteiger partial charge in [-0.25, -0.2) is 4.98 Å². The minimum absolute atomic E-state index is 0.0139. The summed E-state index contributed by atoms with van der Waals surface area (Å²) in [6, 6.07) is 8.13. The van der Waals surface area contributed by atoms with Crippen molar-refractivity contribution >= 4 is 40.7 Å². The van der Waals surface area contributed by atoms with Gasteiger partial charge < -0.3 is 20.1 Å². The third-order valence-corrected chi connectivity index (χ3v) is 12.2. The molecule has 2 aromatic rings. The van der Waals surface area contributed by atoms with Crippen molar-refractivity contribution in [2.24, 2.45) is 17.8 Å². The van der Waals surface area contributed by atoms with Crippen LogP contribution in [-0.2, 0) is 23.9 Å². The van der Waals surface area contributed by atoms with Crippen LogP contribution < -0.4 is 5.32 Å². The zero-order valence-corrected chi connectivity index (χ0v) is 34.4. The predicted octanol–water partition coefficient (Wildman–Crippen LogP) is 5.74. The number of Topliss-reactive ketones (excluding diaryl/α,β-unsaturated/α-hetero) is 1. The number of likely N-dealkylation sites (N-methyl/N-ethyl adjacent to an activating group) is 1. The van der Waals surface area contributed by atoms with Crippen molar-refractivity contribution in [2.75, 3.05) is 33.8 Å². The Hall–Kier alpha value is -3.78. The fraction of sp³-hybridized carbons (Fsp3) is 0.619. The number of amides is 4. The number of piperidine rings is 1. The highest BCUT2D eigenvalue weighted by atomic mass is 32.1. The Bertz CT molecular complexity index is 1610. The van der Waals surface area contributed by atoms with Gasteiger partial charge in [0, 0.05) is 62.5 Å². The monoisotopic (exact) mass is 779 g/mol. The summed E-state index contributed by atoms with van der Waals surface area (Å²) >= 11 is 1.30. The molecule has 55 heavy (non-hydrogen) atoms. The SMILES string of the molecule is CC[C@H](C)[C@H](CC(=O)[C@H]1CCCCN1C)C(=O)N(C)[C@H](C[C@@H](OCCCCN1C(=O)C=CC1=O)c1nc(C(=O)N[C@H](C)C(O)c2ccccc2)cs1)C(C)C. The minimum atomic E-state index is -0.903. The van der Waals surface area contributed by atoms with Crippen molar-refractivity contribution in [1.82, 2.24) is 25.0 Å². The Morgan fingerprint density at radius 3 is 2.38 bits per heavy atom. The zero-order chi connectivity index (χ0) is 40.2. The second-order valence-corrected chi connectivity index (χ2v) is 16.5. The van der Waals surface area contributed by atoms with E-state index in [4.69, 9.17) is 9.72 Å². The van der Waals surface area contributed by atoms with E-state index in [-0.39, 0.29) is 66.1 Å². The number of hydrogen-bond donors (Lipinski definition) is 2. The summed E-state index contributed by atoms with van der Waals surface area (Å²) in [5, 5.41) is 16.0. The van der Waals surface area contributed by atoms with Crippen LogP contribution in [0.4, 0.5) is 0 Å². The van der Waals surface area contributed by atoms with Crippen LogP contribution in [0.1, 0.15) is 119 Å². The maximum Gasteiger partial charge on any atom is 0.271 e. The van der Waals surface area contributed by atoms with E-state index < -0.39 is 30.1 Å². The van der Waals surface area contributed by atoms with Gasteiger partial charge in [-0.15, -0.1) is 11.3 Å². The van der Waals surface area contributed by atoms with Crippen LogP contribution in [0.3, 0.4) is 0 Å². The molecule has 0 radical (unpaired) electrons. The molecular formula is C42H61N5O7S. The van der Waals surface area contributed by atoms with Crippen molar-refractivity contribution in [3.63, 3.8) is 0 Å². The van der Waals surface area contributed by atoms with Gasteiger partial charge in [-0.1, -0.05) is 70.9 Å². The fourth-order valence-electron chi connectivity index (χ4n) is 7.50. The number of carbonyl (C=O) groups is 5. The molecule has 2 N–H and O–H groups in total. The highest BCUT2D eigenvalue weighted by molar-refractivity contribution is 7.09. The number of carbonyl (C=O) groups excluding carboxylic acids is 5. The van der Waals surface area contributed by atoms with Crippen LogP contribution in [0.2, 0.25) is 0 Å². The molecule has 1 aromatic heterocycles. The standard InChI is InChI=1S/C42H61N5O7S/c1-8-28(4)31(24-35(48)33-18-12-13-21-45(33)6)42(53)46(7)34(27(2)3)25-36(54-23-15-14-22-47-37(49)19-20-38(47)50)41-44-32(26-55-41)40(52)43-29(5)39(51)30-16-10-9-11-17-30/h9-11,16-17,19-20,26-29,31,33-34,36,39,51H,8,12-15,18,21-25H2,1-7H3,(H,43,52)/t28-,29+,31-,33+,34+,36+,39?/m0/s1. The number of nitrogens with zero attached hydrogens (tertiary/aromatic N) is 4. The molecule has 1 fully saturated rings. The molecular weight excluding hydrogens is 719 g/mol. The van der Waals surface area contributed by atoms with Crippen molar-refractivity contribution in [3.8, 4) is 0 Å². The number of hydrogen-bond acceptors (Lipinski definition) is 10. The second-order valence-electron chi connectivity index (χ2n) is 15.6. The van der Waals surface area contributed by atoms with Gasteiger partial charge in [0.15, 0.2) is 5.78 Å². The molecule has 7 atom stereocenters. The lowest BCUT2D eigenvalue weighted by Crippen LogP contribution is -2.48. The molecule has 2 aliphatic heterocycles.